The number of carbonyl (C=O) groups is 2. The van der Waals surface area contributed by atoms with Crippen molar-refractivity contribution in [3.8, 4) is 0 Å². The van der Waals surface area contributed by atoms with Crippen LogP contribution in [0.5, 0.6) is 0 Å². The third-order valence-corrected chi connectivity index (χ3v) is 14.2. The fraction of sp³-hybridized carbons (Fsp3) is 0.889. The molecular weight excluding hydrogens is 656 g/mol. The first kappa shape index (κ1) is 36.8. The summed E-state index contributed by atoms with van der Waals surface area (Å²) in [7, 11) is 1.51. The van der Waals surface area contributed by atoms with Crippen LogP contribution in [0.1, 0.15) is 78.1 Å². The molecule has 6 N–H and O–H groups in total. The van der Waals surface area contributed by atoms with Crippen molar-refractivity contribution in [2.75, 3.05) is 20.3 Å². The van der Waals surface area contributed by atoms with Crippen molar-refractivity contribution in [1.29, 1.82) is 0 Å². The van der Waals surface area contributed by atoms with Crippen molar-refractivity contribution in [3.63, 3.8) is 0 Å². The molecule has 0 aromatic heterocycles. The number of hydrogen-bond acceptors (Lipinski definition) is 14. The van der Waals surface area contributed by atoms with Crippen molar-refractivity contribution in [3.05, 3.63) is 11.6 Å². The van der Waals surface area contributed by atoms with Gasteiger partial charge in [-0.25, -0.2) is 4.79 Å². The van der Waals surface area contributed by atoms with Crippen molar-refractivity contribution >= 4 is 12.3 Å². The number of aliphatic hydroxyl groups excluding tert-OH is 4. The summed E-state index contributed by atoms with van der Waals surface area (Å²) >= 11 is 0. The summed E-state index contributed by atoms with van der Waals surface area (Å²) in [5, 5.41) is 65.3. The van der Waals surface area contributed by atoms with Gasteiger partial charge in [0, 0.05) is 31.4 Å². The Kier molecular flexibility index (Phi) is 9.84. The number of hydrogen-bond donors (Lipinski definition) is 6. The van der Waals surface area contributed by atoms with Gasteiger partial charge in [-0.2, -0.15) is 0 Å². The van der Waals surface area contributed by atoms with Crippen LogP contribution in [0.4, 0.5) is 0 Å². The number of aldehydes is 1. The Morgan fingerprint density at radius 3 is 2.40 bits per heavy atom. The first-order valence-electron chi connectivity index (χ1n) is 18.3. The molecule has 17 atom stereocenters. The maximum absolute atomic E-state index is 13.2. The number of ether oxygens (including phenoxy) is 6. The summed E-state index contributed by atoms with van der Waals surface area (Å²) < 4.78 is 35.2. The average molecular weight is 711 g/mol. The van der Waals surface area contributed by atoms with E-state index in [-0.39, 0.29) is 43.2 Å². The second kappa shape index (κ2) is 13.4. The highest BCUT2D eigenvalue weighted by molar-refractivity contribution is 5.85. The fourth-order valence-electron chi connectivity index (χ4n) is 11.5. The molecule has 4 saturated carbocycles. The van der Waals surface area contributed by atoms with E-state index in [9.17, 15) is 40.2 Å². The van der Waals surface area contributed by atoms with Crippen LogP contribution in [0.2, 0.25) is 0 Å². The van der Waals surface area contributed by atoms with Crippen molar-refractivity contribution in [2.45, 2.75) is 151 Å². The van der Waals surface area contributed by atoms with Crippen LogP contribution < -0.4 is 0 Å². The van der Waals surface area contributed by atoms with Crippen molar-refractivity contribution < 1.29 is 68.6 Å². The van der Waals surface area contributed by atoms with Crippen LogP contribution in [0.15, 0.2) is 11.6 Å². The minimum atomic E-state index is -1.58. The molecule has 7 aliphatic rings. The number of methoxy groups -OCH3 is 1. The first-order valence-corrected chi connectivity index (χ1v) is 18.3. The lowest BCUT2D eigenvalue weighted by Gasteiger charge is -2.65. The molecule has 14 heteroatoms. The summed E-state index contributed by atoms with van der Waals surface area (Å²) in [6, 6.07) is 0. The van der Waals surface area contributed by atoms with Crippen LogP contribution >= 0.6 is 0 Å². The molecule has 0 aromatic rings. The van der Waals surface area contributed by atoms with E-state index in [1.165, 1.54) is 7.11 Å². The molecule has 50 heavy (non-hydrogen) atoms. The highest BCUT2D eigenvalue weighted by Gasteiger charge is 2.71. The van der Waals surface area contributed by atoms with Crippen LogP contribution in [0.25, 0.3) is 0 Å². The zero-order chi connectivity index (χ0) is 35.8. The second-order valence-corrected chi connectivity index (χ2v) is 16.3. The van der Waals surface area contributed by atoms with Gasteiger partial charge in [0.15, 0.2) is 12.6 Å². The van der Waals surface area contributed by atoms with E-state index in [4.69, 9.17) is 28.4 Å². The Morgan fingerprint density at radius 2 is 1.72 bits per heavy atom. The number of fused-ring (bicyclic) bond motifs is 5. The lowest BCUT2D eigenvalue weighted by Crippen LogP contribution is -2.69. The van der Waals surface area contributed by atoms with E-state index in [0.717, 1.165) is 18.3 Å². The van der Waals surface area contributed by atoms with E-state index in [1.807, 2.05) is 0 Å². The Labute approximate surface area is 292 Å². The summed E-state index contributed by atoms with van der Waals surface area (Å²) in [5.41, 5.74) is -2.86. The third-order valence-electron chi connectivity index (χ3n) is 14.2. The molecule has 3 aliphatic heterocycles. The van der Waals surface area contributed by atoms with Gasteiger partial charge in [0.25, 0.3) is 0 Å². The quantitative estimate of drug-likeness (QED) is 0.113. The largest absolute Gasteiger partial charge is 0.458 e. The fourth-order valence-corrected chi connectivity index (χ4v) is 11.5. The molecule has 282 valence electrons. The van der Waals surface area contributed by atoms with Crippen LogP contribution in [0.3, 0.4) is 0 Å². The highest BCUT2D eigenvalue weighted by atomic mass is 16.7. The van der Waals surface area contributed by atoms with Gasteiger partial charge in [-0.3, -0.25) is 0 Å². The number of carbonyl (C=O) groups excluding carboxylic acids is 2. The number of aliphatic hydroxyl groups is 6. The van der Waals surface area contributed by atoms with Gasteiger partial charge >= 0.3 is 5.97 Å². The third kappa shape index (κ3) is 5.55. The molecule has 7 rings (SSSR count). The molecule has 4 aliphatic carbocycles. The minimum Gasteiger partial charge on any atom is -0.458 e. The molecule has 2 saturated heterocycles. The normalized spacial score (nSPS) is 53.5. The predicted molar refractivity (Wildman–Crippen MR) is 171 cm³/mol. The van der Waals surface area contributed by atoms with Gasteiger partial charge in [0.2, 0.25) is 0 Å². The summed E-state index contributed by atoms with van der Waals surface area (Å²) in [4.78, 5) is 25.1. The minimum absolute atomic E-state index is 0.0352. The van der Waals surface area contributed by atoms with Crippen LogP contribution in [0, 0.1) is 28.6 Å². The molecule has 14 nitrogen and oxygen atoms in total. The van der Waals surface area contributed by atoms with Gasteiger partial charge < -0.3 is 63.9 Å². The Morgan fingerprint density at radius 1 is 0.960 bits per heavy atom. The molecule has 0 bridgehead atoms. The van der Waals surface area contributed by atoms with E-state index in [1.54, 1.807) is 13.0 Å². The van der Waals surface area contributed by atoms with Crippen molar-refractivity contribution in [2.24, 2.45) is 28.6 Å². The van der Waals surface area contributed by atoms with Gasteiger partial charge in [0.05, 0.1) is 41.5 Å². The molecule has 0 aromatic carbocycles. The van der Waals surface area contributed by atoms with Gasteiger partial charge in [-0.1, -0.05) is 6.92 Å². The molecule has 6 fully saturated rings. The first-order chi connectivity index (χ1) is 23.7. The van der Waals surface area contributed by atoms with E-state index >= 15 is 0 Å². The lowest BCUT2D eigenvalue weighted by atomic mass is 9.41. The van der Waals surface area contributed by atoms with Gasteiger partial charge in [-0.15, -0.1) is 0 Å². The SMILES string of the molecule is CO[C@H]1C[C@H](O[C@H]2CC[C@]3(C=O)[C@H]4CC[C@]5(C)[C@@H](C6=CC(=O)OC6)CC[C@]5(O)[C@@H]4CC[C@]3(O)C2)O[C@H](C)[C@H]1O[C@H]1O[C@H](CO)[C@@H](O)[C@H](O)[C@H]1O. The second-order valence-electron chi connectivity index (χ2n) is 16.3. The zero-order valence-corrected chi connectivity index (χ0v) is 29.1. The zero-order valence-electron chi connectivity index (χ0n) is 29.1. The molecule has 0 spiro atoms. The molecule has 0 amide bonds. The van der Waals surface area contributed by atoms with Gasteiger partial charge in [-0.05, 0) is 81.6 Å². The Hall–Kier alpha value is -1.56. The average Bonchev–Trinajstić information content (AvgIpc) is 3.64. The molecule has 0 unspecified atom stereocenters. The standard InChI is InChI=1S/C36H54O14/c1-18-31(50-32-30(42)29(41)28(40)25(15-37)49-32)24(45-3)13-27(47-18)48-20-4-9-34(17-38)22-5-8-33(2)21(19-12-26(39)46-16-19)7-11-36(33,44)23(22)6-10-35(34,43)14-20/h12,17-18,20-25,27-32,37,40-44H,4-11,13-16H2,1-3H3/t18-,20+,21-,22+,23-,24+,25-,27+,28-,29+,30-,31-,32-,33-,34+,35+,36+/m1/s1. The smallest absolute Gasteiger partial charge is 0.331 e. The number of esters is 1. The molecular formula is C36H54O14. The van der Waals surface area contributed by atoms with Crippen LogP contribution in [-0.4, -0.2) is 136 Å². The number of cyclic esters (lactones) is 1. The number of rotatable bonds is 8. The predicted octanol–water partition coefficient (Wildman–Crippen LogP) is 0.258. The highest BCUT2D eigenvalue weighted by Crippen LogP contribution is 2.70. The monoisotopic (exact) mass is 710 g/mol. The Balaban J connectivity index is 1.01. The topological polar surface area (TPSA) is 211 Å². The van der Waals surface area contributed by atoms with E-state index in [0.29, 0.717) is 44.9 Å². The van der Waals surface area contributed by atoms with Crippen LogP contribution in [-0.2, 0) is 38.0 Å². The Bertz CT molecular complexity index is 1330. The van der Waals surface area contributed by atoms with Gasteiger partial charge in [0.1, 0.15) is 43.4 Å². The summed E-state index contributed by atoms with van der Waals surface area (Å²) in [6.45, 7) is 3.57. The van der Waals surface area contributed by atoms with E-state index in [2.05, 4.69) is 6.92 Å². The van der Waals surface area contributed by atoms with E-state index < -0.39 is 90.1 Å². The molecule has 0 radical (unpaired) electrons. The van der Waals surface area contributed by atoms with Crippen molar-refractivity contribution in [1.82, 2.24) is 0 Å². The maximum Gasteiger partial charge on any atom is 0.331 e. The maximum atomic E-state index is 13.2. The summed E-state index contributed by atoms with van der Waals surface area (Å²) in [6.07, 6.45) is -2.52. The molecule has 3 heterocycles. The lowest BCUT2D eigenvalue weighted by molar-refractivity contribution is -0.346. The summed E-state index contributed by atoms with van der Waals surface area (Å²) in [5.74, 6) is -0.635.